The van der Waals surface area contributed by atoms with Gasteiger partial charge in [0.25, 0.3) is 0 Å². The molecule has 0 fully saturated rings. The Balaban J connectivity index is 1.53. The molecule has 0 spiro atoms. The summed E-state index contributed by atoms with van der Waals surface area (Å²) in [4.78, 5) is 17.5. The largest absolute Gasteiger partial charge is 0.497 e. The topological polar surface area (TPSA) is 86.9 Å². The maximum absolute atomic E-state index is 13.1. The van der Waals surface area contributed by atoms with E-state index in [-0.39, 0.29) is 11.7 Å². The van der Waals surface area contributed by atoms with Crippen LogP contribution in [-0.2, 0) is 11.8 Å². The molecular formula is C25H28N6O2S. The minimum Gasteiger partial charge on any atom is -0.497 e. The van der Waals surface area contributed by atoms with E-state index < -0.39 is 6.04 Å². The Morgan fingerprint density at radius 1 is 1.12 bits per heavy atom. The zero-order valence-electron chi connectivity index (χ0n) is 19.9. The molecule has 0 saturated heterocycles. The van der Waals surface area contributed by atoms with Gasteiger partial charge in [0, 0.05) is 19.4 Å². The minimum atomic E-state index is -0.391. The first-order valence-corrected chi connectivity index (χ1v) is 11.9. The van der Waals surface area contributed by atoms with Crippen LogP contribution in [0.4, 0.5) is 0 Å². The molecule has 2 aromatic carbocycles. The normalized spacial score (nSPS) is 11.9. The summed E-state index contributed by atoms with van der Waals surface area (Å²) in [5, 5.41) is 12.4. The summed E-state index contributed by atoms with van der Waals surface area (Å²) in [5.41, 5.74) is 4.21. The third kappa shape index (κ3) is 4.99. The molecule has 34 heavy (non-hydrogen) atoms. The minimum absolute atomic E-state index is 0.123. The fraction of sp³-hybridized carbons (Fsp3) is 0.280. The molecule has 0 bridgehead atoms. The van der Waals surface area contributed by atoms with Gasteiger partial charge in [-0.3, -0.25) is 9.36 Å². The number of hydrogen-bond donors (Lipinski definition) is 1. The van der Waals surface area contributed by atoms with Crippen molar-refractivity contribution in [2.45, 2.75) is 32.0 Å². The molecule has 1 atom stereocenters. The van der Waals surface area contributed by atoms with E-state index in [9.17, 15) is 4.79 Å². The SMILES string of the molecule is COc1ccc(C(NC(=O)CSc2nnc(C)n2-c2cc(C)ccc2C)c2nccn2C)cc1. The lowest BCUT2D eigenvalue weighted by Crippen LogP contribution is -2.32. The first-order chi connectivity index (χ1) is 16.4. The Morgan fingerprint density at radius 3 is 2.56 bits per heavy atom. The van der Waals surface area contributed by atoms with E-state index in [1.807, 2.05) is 53.6 Å². The number of nitrogens with zero attached hydrogens (tertiary/aromatic N) is 5. The standard InChI is InChI=1S/C25H28N6O2S/c1-16-6-7-17(2)21(14-16)31-18(3)28-29-25(31)34-15-22(32)27-23(24-26-12-13-30(24)4)19-8-10-20(33-5)11-9-19/h6-14,23H,15H2,1-5H3,(H,27,32). The first kappa shape index (κ1) is 23.6. The summed E-state index contributed by atoms with van der Waals surface area (Å²) in [6.45, 7) is 6.03. The van der Waals surface area contributed by atoms with E-state index in [1.54, 1.807) is 13.3 Å². The molecule has 0 saturated carbocycles. The third-order valence-electron chi connectivity index (χ3n) is 5.60. The highest BCUT2D eigenvalue weighted by atomic mass is 32.2. The summed E-state index contributed by atoms with van der Waals surface area (Å²) >= 11 is 1.36. The summed E-state index contributed by atoms with van der Waals surface area (Å²) in [7, 11) is 3.54. The molecule has 176 valence electrons. The number of carbonyl (C=O) groups excluding carboxylic acids is 1. The lowest BCUT2D eigenvalue weighted by atomic mass is 10.1. The van der Waals surface area contributed by atoms with Gasteiger partial charge in [-0.1, -0.05) is 36.0 Å². The van der Waals surface area contributed by atoms with E-state index in [2.05, 4.69) is 52.5 Å². The summed E-state index contributed by atoms with van der Waals surface area (Å²) < 4.78 is 9.18. The Morgan fingerprint density at radius 2 is 1.88 bits per heavy atom. The number of benzene rings is 2. The Hall–Kier alpha value is -3.59. The van der Waals surface area contributed by atoms with Gasteiger partial charge in [-0.05, 0) is 55.7 Å². The van der Waals surface area contributed by atoms with Crippen molar-refractivity contribution in [3.8, 4) is 11.4 Å². The smallest absolute Gasteiger partial charge is 0.231 e. The number of aryl methyl sites for hydroxylation is 4. The number of ether oxygens (including phenoxy) is 1. The van der Waals surface area contributed by atoms with Crippen LogP contribution in [0.2, 0.25) is 0 Å². The van der Waals surface area contributed by atoms with Crippen molar-refractivity contribution in [1.82, 2.24) is 29.6 Å². The van der Waals surface area contributed by atoms with Gasteiger partial charge in [0.05, 0.1) is 18.6 Å². The molecule has 4 rings (SSSR count). The fourth-order valence-electron chi connectivity index (χ4n) is 3.76. The Kier molecular flexibility index (Phi) is 7.02. The maximum Gasteiger partial charge on any atom is 0.231 e. The molecule has 0 aliphatic rings. The summed E-state index contributed by atoms with van der Waals surface area (Å²) in [6.07, 6.45) is 3.59. The molecule has 0 radical (unpaired) electrons. The summed E-state index contributed by atoms with van der Waals surface area (Å²) in [5.74, 6) is 2.35. The number of imidazole rings is 1. The monoisotopic (exact) mass is 476 g/mol. The van der Waals surface area contributed by atoms with E-state index in [0.29, 0.717) is 5.16 Å². The van der Waals surface area contributed by atoms with Crippen molar-refractivity contribution in [2.24, 2.45) is 7.05 Å². The van der Waals surface area contributed by atoms with E-state index in [1.165, 1.54) is 11.8 Å². The van der Waals surface area contributed by atoms with Gasteiger partial charge < -0.3 is 14.6 Å². The molecule has 2 heterocycles. The van der Waals surface area contributed by atoms with Crippen LogP contribution >= 0.6 is 11.8 Å². The number of hydrogen-bond acceptors (Lipinski definition) is 6. The molecule has 8 nitrogen and oxygen atoms in total. The second kappa shape index (κ2) is 10.1. The third-order valence-corrected chi connectivity index (χ3v) is 6.53. The van der Waals surface area contributed by atoms with Crippen LogP contribution in [0.25, 0.3) is 5.69 Å². The van der Waals surface area contributed by atoms with Crippen LogP contribution in [0.15, 0.2) is 60.0 Å². The molecule has 9 heteroatoms. The molecule has 4 aromatic rings. The van der Waals surface area contributed by atoms with Gasteiger partial charge in [0.1, 0.15) is 23.4 Å². The molecule has 2 aromatic heterocycles. The molecule has 0 aliphatic heterocycles. The van der Waals surface area contributed by atoms with E-state index in [4.69, 9.17) is 4.74 Å². The number of rotatable bonds is 8. The van der Waals surface area contributed by atoms with Crippen molar-refractivity contribution in [3.05, 3.63) is 83.2 Å². The number of nitrogens with one attached hydrogen (secondary N) is 1. The number of methoxy groups -OCH3 is 1. The second-order valence-corrected chi connectivity index (χ2v) is 9.06. The van der Waals surface area contributed by atoms with E-state index in [0.717, 1.165) is 39.8 Å². The van der Waals surface area contributed by atoms with Crippen molar-refractivity contribution in [3.63, 3.8) is 0 Å². The second-order valence-electron chi connectivity index (χ2n) is 8.11. The lowest BCUT2D eigenvalue weighted by Gasteiger charge is -2.19. The van der Waals surface area contributed by atoms with Gasteiger partial charge in [-0.15, -0.1) is 10.2 Å². The highest BCUT2D eigenvalue weighted by molar-refractivity contribution is 7.99. The van der Waals surface area contributed by atoms with Gasteiger partial charge in [-0.25, -0.2) is 4.98 Å². The molecule has 1 amide bonds. The van der Waals surface area contributed by atoms with Crippen LogP contribution in [0.1, 0.15) is 34.4 Å². The predicted octanol–water partition coefficient (Wildman–Crippen LogP) is 3.93. The number of carbonyl (C=O) groups is 1. The number of thioether (sulfide) groups is 1. The van der Waals surface area contributed by atoms with Crippen LogP contribution in [0, 0.1) is 20.8 Å². The average Bonchev–Trinajstić information content (AvgIpc) is 3.42. The van der Waals surface area contributed by atoms with Crippen LogP contribution in [-0.4, -0.2) is 43.1 Å². The highest BCUT2D eigenvalue weighted by Gasteiger charge is 2.22. The molecule has 1 unspecified atom stereocenters. The molecule has 1 N–H and O–H groups in total. The zero-order chi connectivity index (χ0) is 24.2. The van der Waals surface area contributed by atoms with Crippen molar-refractivity contribution < 1.29 is 9.53 Å². The van der Waals surface area contributed by atoms with Crippen LogP contribution in [0.3, 0.4) is 0 Å². The Bertz CT molecular complexity index is 1300. The fourth-order valence-corrected chi connectivity index (χ4v) is 4.56. The van der Waals surface area contributed by atoms with Crippen LogP contribution in [0.5, 0.6) is 5.75 Å². The van der Waals surface area contributed by atoms with Crippen LogP contribution < -0.4 is 10.1 Å². The number of aromatic nitrogens is 5. The highest BCUT2D eigenvalue weighted by Crippen LogP contribution is 2.26. The van der Waals surface area contributed by atoms with Gasteiger partial charge in [0.2, 0.25) is 5.91 Å². The van der Waals surface area contributed by atoms with Crippen molar-refractivity contribution in [2.75, 3.05) is 12.9 Å². The quantitative estimate of drug-likeness (QED) is 0.388. The first-order valence-electron chi connectivity index (χ1n) is 10.9. The average molecular weight is 477 g/mol. The predicted molar refractivity (Wildman–Crippen MR) is 132 cm³/mol. The van der Waals surface area contributed by atoms with Crippen molar-refractivity contribution in [1.29, 1.82) is 0 Å². The van der Waals surface area contributed by atoms with Gasteiger partial charge in [-0.2, -0.15) is 0 Å². The Labute approximate surface area is 203 Å². The van der Waals surface area contributed by atoms with Gasteiger partial charge >= 0.3 is 0 Å². The van der Waals surface area contributed by atoms with Gasteiger partial charge in [0.15, 0.2) is 5.16 Å². The lowest BCUT2D eigenvalue weighted by molar-refractivity contribution is -0.119. The molecular weight excluding hydrogens is 448 g/mol. The molecule has 0 aliphatic carbocycles. The maximum atomic E-state index is 13.1. The summed E-state index contributed by atoms with van der Waals surface area (Å²) in [6, 6.07) is 13.5. The number of amides is 1. The van der Waals surface area contributed by atoms with Crippen molar-refractivity contribution >= 4 is 17.7 Å². The zero-order valence-corrected chi connectivity index (χ0v) is 20.8. The van der Waals surface area contributed by atoms with E-state index >= 15 is 0 Å².